The predicted octanol–water partition coefficient (Wildman–Crippen LogP) is 20.1. The fourth-order valence-electron chi connectivity index (χ4n) is 8.54. The molecule has 0 aromatic rings. The number of allylic oxidation sites excluding steroid dienone is 14. The fraction of sp³-hybridized carbons (Fsp3) is 0.750. The molecule has 0 amide bonds. The Morgan fingerprint density at radius 1 is 0.348 bits per heavy atom. The first-order valence-electron chi connectivity index (χ1n) is 29.6. The van der Waals surface area contributed by atoms with E-state index in [1.165, 1.54) is 173 Å². The van der Waals surface area contributed by atoms with E-state index in [-0.39, 0.29) is 25.2 Å². The third kappa shape index (κ3) is 57.5. The molecular formula is C64H112O5. The van der Waals surface area contributed by atoms with Gasteiger partial charge >= 0.3 is 11.9 Å². The van der Waals surface area contributed by atoms with Crippen molar-refractivity contribution in [3.05, 3.63) is 85.1 Å². The van der Waals surface area contributed by atoms with Crippen LogP contribution >= 0.6 is 0 Å². The van der Waals surface area contributed by atoms with Crippen LogP contribution in [-0.4, -0.2) is 36.4 Å². The van der Waals surface area contributed by atoms with Crippen molar-refractivity contribution < 1.29 is 24.2 Å². The number of esters is 2. The smallest absolute Gasteiger partial charge is 0.306 e. The maximum absolute atomic E-state index is 12.3. The number of hydrogen-bond donors (Lipinski definition) is 1. The average Bonchev–Trinajstić information content (AvgIpc) is 3.35. The lowest BCUT2D eigenvalue weighted by molar-refractivity contribution is -0.161. The number of carbonyl (C=O) groups is 2. The summed E-state index contributed by atoms with van der Waals surface area (Å²) in [5.74, 6) is -0.622. The number of aliphatic hydroxyl groups excluding tert-OH is 1. The van der Waals surface area contributed by atoms with Crippen LogP contribution in [0, 0.1) is 0 Å². The van der Waals surface area contributed by atoms with Gasteiger partial charge in [0.15, 0.2) is 6.10 Å². The van der Waals surface area contributed by atoms with Crippen molar-refractivity contribution in [2.75, 3.05) is 13.2 Å². The van der Waals surface area contributed by atoms with Gasteiger partial charge in [0.1, 0.15) is 6.61 Å². The van der Waals surface area contributed by atoms with E-state index < -0.39 is 6.10 Å². The first kappa shape index (κ1) is 66.1. The van der Waals surface area contributed by atoms with Crippen LogP contribution < -0.4 is 0 Å². The van der Waals surface area contributed by atoms with Crippen LogP contribution in [0.3, 0.4) is 0 Å². The van der Waals surface area contributed by atoms with Gasteiger partial charge in [-0.15, -0.1) is 0 Å². The van der Waals surface area contributed by atoms with Gasteiger partial charge in [0.25, 0.3) is 0 Å². The Labute approximate surface area is 428 Å². The molecule has 0 bridgehead atoms. The molecule has 0 aromatic heterocycles. The second-order valence-electron chi connectivity index (χ2n) is 19.7. The molecule has 1 atom stereocenters. The second-order valence-corrected chi connectivity index (χ2v) is 19.7. The summed E-state index contributed by atoms with van der Waals surface area (Å²) < 4.78 is 10.7. The van der Waals surface area contributed by atoms with Crippen LogP contribution in [-0.2, 0) is 19.1 Å². The Balaban J connectivity index is 3.51. The summed E-state index contributed by atoms with van der Waals surface area (Å²) in [6, 6.07) is 0. The van der Waals surface area contributed by atoms with Gasteiger partial charge in [-0.3, -0.25) is 9.59 Å². The van der Waals surface area contributed by atoms with E-state index in [9.17, 15) is 14.7 Å². The van der Waals surface area contributed by atoms with Gasteiger partial charge in [-0.2, -0.15) is 0 Å². The Bertz CT molecular complexity index is 1270. The van der Waals surface area contributed by atoms with E-state index in [2.05, 4.69) is 98.9 Å². The van der Waals surface area contributed by atoms with Crippen LogP contribution in [0.4, 0.5) is 0 Å². The maximum Gasteiger partial charge on any atom is 0.306 e. The molecule has 0 fully saturated rings. The molecule has 1 unspecified atom stereocenters. The van der Waals surface area contributed by atoms with Gasteiger partial charge in [0, 0.05) is 12.8 Å². The molecule has 0 rings (SSSR count). The van der Waals surface area contributed by atoms with Gasteiger partial charge in [-0.1, -0.05) is 292 Å². The van der Waals surface area contributed by atoms with Gasteiger partial charge < -0.3 is 14.6 Å². The molecule has 0 radical (unpaired) electrons. The van der Waals surface area contributed by atoms with Crippen molar-refractivity contribution >= 4 is 11.9 Å². The molecule has 0 spiro atoms. The average molecular weight is 962 g/mol. The van der Waals surface area contributed by atoms with Crippen LogP contribution in [0.2, 0.25) is 0 Å². The number of ether oxygens (including phenoxy) is 2. The van der Waals surface area contributed by atoms with E-state index in [0.717, 1.165) is 89.9 Å². The molecule has 0 saturated heterocycles. The van der Waals surface area contributed by atoms with E-state index in [1.54, 1.807) is 0 Å². The summed E-state index contributed by atoms with van der Waals surface area (Å²) in [5, 5.41) is 9.65. The second kappa shape index (κ2) is 59.4. The molecule has 0 aliphatic carbocycles. The van der Waals surface area contributed by atoms with Crippen molar-refractivity contribution in [1.29, 1.82) is 0 Å². The molecule has 0 saturated carbocycles. The Morgan fingerprint density at radius 2 is 0.623 bits per heavy atom. The number of rotatable bonds is 54. The Hall–Kier alpha value is -2.92. The lowest BCUT2D eigenvalue weighted by Crippen LogP contribution is -2.28. The monoisotopic (exact) mass is 961 g/mol. The van der Waals surface area contributed by atoms with Crippen molar-refractivity contribution in [2.45, 2.75) is 296 Å². The molecular weight excluding hydrogens is 849 g/mol. The molecule has 0 aromatic carbocycles. The summed E-state index contributed by atoms with van der Waals surface area (Å²) in [6.07, 6.45) is 82.9. The van der Waals surface area contributed by atoms with Gasteiger partial charge in [0.05, 0.1) is 6.61 Å². The predicted molar refractivity (Wildman–Crippen MR) is 302 cm³/mol. The van der Waals surface area contributed by atoms with Crippen molar-refractivity contribution in [3.63, 3.8) is 0 Å². The highest BCUT2D eigenvalue weighted by Gasteiger charge is 2.16. The molecule has 5 heteroatoms. The first-order chi connectivity index (χ1) is 34.1. The molecule has 0 aliphatic rings. The van der Waals surface area contributed by atoms with Crippen LogP contribution in [0.15, 0.2) is 85.1 Å². The summed E-state index contributed by atoms with van der Waals surface area (Å²) >= 11 is 0. The maximum atomic E-state index is 12.3. The summed E-state index contributed by atoms with van der Waals surface area (Å²) in [7, 11) is 0. The summed E-state index contributed by atoms with van der Waals surface area (Å²) in [6.45, 7) is 4.03. The SMILES string of the molecule is CC/C=C\C/C=C\C/C=C\C/C=C\C/C=C\C/C=C\C/C=C\CCCCCC(=O)OC(CO)COC(=O)CCCCCCCCCCCCCCCCCCCCCCCCCCCCCCCC. The molecule has 5 nitrogen and oxygen atoms in total. The quantitative estimate of drug-likeness (QED) is 0.0374. The Kier molecular flexibility index (Phi) is 56.9. The lowest BCUT2D eigenvalue weighted by atomic mass is 10.0. The fourth-order valence-corrected chi connectivity index (χ4v) is 8.54. The third-order valence-electron chi connectivity index (χ3n) is 13.0. The molecule has 69 heavy (non-hydrogen) atoms. The van der Waals surface area contributed by atoms with Gasteiger partial charge in [0.2, 0.25) is 0 Å². The summed E-state index contributed by atoms with van der Waals surface area (Å²) in [4.78, 5) is 24.5. The van der Waals surface area contributed by atoms with Crippen molar-refractivity contribution in [2.24, 2.45) is 0 Å². The van der Waals surface area contributed by atoms with Crippen LogP contribution in [0.1, 0.15) is 290 Å². The topological polar surface area (TPSA) is 72.8 Å². The van der Waals surface area contributed by atoms with E-state index in [4.69, 9.17) is 9.47 Å². The molecule has 0 heterocycles. The number of hydrogen-bond acceptors (Lipinski definition) is 5. The Morgan fingerprint density at radius 3 is 0.942 bits per heavy atom. The van der Waals surface area contributed by atoms with E-state index in [0.29, 0.717) is 12.8 Å². The summed E-state index contributed by atoms with van der Waals surface area (Å²) in [5.41, 5.74) is 0. The highest BCUT2D eigenvalue weighted by atomic mass is 16.6. The van der Waals surface area contributed by atoms with E-state index >= 15 is 0 Å². The molecule has 0 aliphatic heterocycles. The number of unbranched alkanes of at least 4 members (excludes halogenated alkanes) is 32. The van der Waals surface area contributed by atoms with Crippen molar-refractivity contribution in [3.8, 4) is 0 Å². The zero-order valence-corrected chi connectivity index (χ0v) is 45.6. The normalized spacial score (nSPS) is 12.8. The third-order valence-corrected chi connectivity index (χ3v) is 13.0. The minimum Gasteiger partial charge on any atom is -0.462 e. The zero-order valence-electron chi connectivity index (χ0n) is 45.6. The lowest BCUT2D eigenvalue weighted by Gasteiger charge is -2.15. The minimum atomic E-state index is -0.795. The van der Waals surface area contributed by atoms with Gasteiger partial charge in [-0.25, -0.2) is 0 Å². The van der Waals surface area contributed by atoms with Crippen LogP contribution in [0.25, 0.3) is 0 Å². The highest BCUT2D eigenvalue weighted by Crippen LogP contribution is 2.17. The molecule has 398 valence electrons. The first-order valence-corrected chi connectivity index (χ1v) is 29.6. The van der Waals surface area contributed by atoms with E-state index in [1.807, 2.05) is 0 Å². The van der Waals surface area contributed by atoms with Crippen LogP contribution in [0.5, 0.6) is 0 Å². The van der Waals surface area contributed by atoms with Crippen molar-refractivity contribution in [1.82, 2.24) is 0 Å². The minimum absolute atomic E-state index is 0.0811. The zero-order chi connectivity index (χ0) is 49.9. The number of aliphatic hydroxyl groups is 1. The standard InChI is InChI=1S/C64H112O5/c1-3-5-7-9-11-13-15-17-19-21-23-25-27-29-30-31-32-33-35-36-38-40-42-44-46-48-50-52-54-56-58-63(66)68-61-62(60-65)69-64(67)59-57-55-53-51-49-47-45-43-41-39-37-34-28-26-24-22-20-18-16-14-12-10-8-6-4-2/h6,8,12,14,18,20,24,26,34,37,41,43,47,49,62,65H,3-5,7,9-11,13,15-17,19,21-23,25,27-33,35-36,38-40,42,44-46,48,50-61H2,1-2H3/b8-6-,14-12-,20-18-,26-24-,37-34-,43-41-,49-47-. The largest absolute Gasteiger partial charge is 0.462 e. The molecule has 1 N–H and O–H groups in total. The number of carbonyl (C=O) groups excluding carboxylic acids is 2. The van der Waals surface area contributed by atoms with Gasteiger partial charge in [-0.05, 0) is 70.6 Å². The highest BCUT2D eigenvalue weighted by molar-refractivity contribution is 5.70.